The fraction of sp³-hybridized carbons (Fsp3) is 0.143. The molecular formula is C14H13BrCl2N2. The molecule has 2 rings (SSSR count). The average Bonchev–Trinajstić information content (AvgIpc) is 2.39. The minimum atomic E-state index is -0.0356. The molecule has 0 spiro atoms. The van der Waals surface area contributed by atoms with Gasteiger partial charge in [-0.05, 0) is 29.8 Å². The standard InChI is InChI=1S/C14H13BrCl2N2/c15-11-7-9(16)5-6-10(11)14(8-18)19-13-4-2-1-3-12(13)17/h1-7,14,19H,8,18H2. The number of halogens is 3. The molecule has 1 unspecified atom stereocenters. The van der Waals surface area contributed by atoms with Gasteiger partial charge >= 0.3 is 0 Å². The summed E-state index contributed by atoms with van der Waals surface area (Å²) < 4.78 is 0.926. The van der Waals surface area contributed by atoms with Crippen molar-refractivity contribution in [2.24, 2.45) is 5.73 Å². The maximum atomic E-state index is 6.14. The highest BCUT2D eigenvalue weighted by Gasteiger charge is 2.14. The van der Waals surface area contributed by atoms with E-state index in [1.54, 1.807) is 0 Å². The number of para-hydroxylation sites is 1. The molecule has 0 saturated carbocycles. The molecule has 2 aromatic carbocycles. The van der Waals surface area contributed by atoms with Crippen LogP contribution >= 0.6 is 39.1 Å². The summed E-state index contributed by atoms with van der Waals surface area (Å²) >= 11 is 15.6. The number of anilines is 1. The summed E-state index contributed by atoms with van der Waals surface area (Å²) in [6, 6.07) is 13.2. The number of benzene rings is 2. The summed E-state index contributed by atoms with van der Waals surface area (Å²) in [6.45, 7) is 0.450. The first-order valence-electron chi connectivity index (χ1n) is 5.78. The van der Waals surface area contributed by atoms with E-state index < -0.39 is 0 Å². The molecule has 0 aliphatic rings. The molecule has 2 nitrogen and oxygen atoms in total. The van der Waals surface area contributed by atoms with E-state index in [-0.39, 0.29) is 6.04 Å². The summed E-state index contributed by atoms with van der Waals surface area (Å²) in [5, 5.41) is 4.70. The van der Waals surface area contributed by atoms with Crippen molar-refractivity contribution in [2.75, 3.05) is 11.9 Å². The van der Waals surface area contributed by atoms with E-state index in [1.165, 1.54) is 0 Å². The van der Waals surface area contributed by atoms with Gasteiger partial charge in [-0.2, -0.15) is 0 Å². The Hall–Kier alpha value is -0.740. The van der Waals surface area contributed by atoms with Crippen LogP contribution in [0.4, 0.5) is 5.69 Å². The molecule has 0 heterocycles. The molecule has 19 heavy (non-hydrogen) atoms. The van der Waals surface area contributed by atoms with E-state index in [1.807, 2.05) is 42.5 Å². The molecule has 0 aliphatic heterocycles. The second-order valence-electron chi connectivity index (χ2n) is 4.08. The SMILES string of the molecule is NCC(Nc1ccccc1Cl)c1ccc(Cl)cc1Br. The Morgan fingerprint density at radius 3 is 2.53 bits per heavy atom. The van der Waals surface area contributed by atoms with Crippen LogP contribution in [0.3, 0.4) is 0 Å². The van der Waals surface area contributed by atoms with Gasteiger partial charge in [0.1, 0.15) is 0 Å². The molecule has 3 N–H and O–H groups in total. The molecule has 100 valence electrons. The lowest BCUT2D eigenvalue weighted by molar-refractivity contribution is 0.786. The number of hydrogen-bond acceptors (Lipinski definition) is 2. The number of nitrogens with two attached hydrogens (primary N) is 1. The smallest absolute Gasteiger partial charge is 0.0647 e. The third-order valence-corrected chi connectivity index (χ3v) is 4.03. The topological polar surface area (TPSA) is 38.0 Å². The number of rotatable bonds is 4. The van der Waals surface area contributed by atoms with E-state index >= 15 is 0 Å². The van der Waals surface area contributed by atoms with Crippen LogP contribution in [-0.2, 0) is 0 Å². The van der Waals surface area contributed by atoms with Crippen LogP contribution in [0.25, 0.3) is 0 Å². The van der Waals surface area contributed by atoms with Crippen molar-refractivity contribution in [2.45, 2.75) is 6.04 Å². The fourth-order valence-corrected chi connectivity index (χ4v) is 2.96. The molecule has 0 aromatic heterocycles. The highest BCUT2D eigenvalue weighted by molar-refractivity contribution is 9.10. The van der Waals surface area contributed by atoms with Crippen molar-refractivity contribution >= 4 is 44.8 Å². The van der Waals surface area contributed by atoms with Crippen LogP contribution in [-0.4, -0.2) is 6.54 Å². The molecule has 0 saturated heterocycles. The normalized spacial score (nSPS) is 12.2. The Morgan fingerprint density at radius 1 is 1.16 bits per heavy atom. The molecule has 1 atom stereocenters. The fourth-order valence-electron chi connectivity index (χ4n) is 1.81. The Morgan fingerprint density at radius 2 is 1.89 bits per heavy atom. The number of hydrogen-bond donors (Lipinski definition) is 2. The third-order valence-electron chi connectivity index (χ3n) is 2.78. The van der Waals surface area contributed by atoms with Crippen molar-refractivity contribution in [1.29, 1.82) is 0 Å². The molecule has 0 fully saturated rings. The summed E-state index contributed by atoms with van der Waals surface area (Å²) in [4.78, 5) is 0. The van der Waals surface area contributed by atoms with Gasteiger partial charge in [-0.1, -0.05) is 57.3 Å². The minimum absolute atomic E-state index is 0.0356. The van der Waals surface area contributed by atoms with Crippen molar-refractivity contribution in [3.8, 4) is 0 Å². The van der Waals surface area contributed by atoms with Gasteiger partial charge in [0.25, 0.3) is 0 Å². The van der Waals surface area contributed by atoms with E-state index in [0.29, 0.717) is 16.6 Å². The van der Waals surface area contributed by atoms with Crippen molar-refractivity contribution in [3.05, 3.63) is 62.5 Å². The predicted octanol–water partition coefficient (Wildman–Crippen LogP) is 4.87. The Bertz CT molecular complexity index is 575. The largest absolute Gasteiger partial charge is 0.376 e. The van der Waals surface area contributed by atoms with Crippen LogP contribution in [0.5, 0.6) is 0 Å². The summed E-state index contributed by atoms with van der Waals surface area (Å²) in [5.74, 6) is 0. The van der Waals surface area contributed by atoms with Gasteiger partial charge < -0.3 is 11.1 Å². The van der Waals surface area contributed by atoms with Gasteiger partial charge in [-0.3, -0.25) is 0 Å². The zero-order valence-electron chi connectivity index (χ0n) is 10.0. The third kappa shape index (κ3) is 3.63. The van der Waals surface area contributed by atoms with Gasteiger partial charge in [0.15, 0.2) is 0 Å². The van der Waals surface area contributed by atoms with Gasteiger partial charge in [0, 0.05) is 16.0 Å². The zero-order valence-corrected chi connectivity index (χ0v) is 13.1. The van der Waals surface area contributed by atoms with Crippen LogP contribution in [0.2, 0.25) is 10.0 Å². The maximum absolute atomic E-state index is 6.14. The zero-order chi connectivity index (χ0) is 13.8. The van der Waals surface area contributed by atoms with Crippen LogP contribution < -0.4 is 11.1 Å². The second kappa shape index (κ2) is 6.62. The van der Waals surface area contributed by atoms with E-state index in [2.05, 4.69) is 21.2 Å². The van der Waals surface area contributed by atoms with Gasteiger partial charge in [-0.15, -0.1) is 0 Å². The lowest BCUT2D eigenvalue weighted by atomic mass is 10.1. The quantitative estimate of drug-likeness (QED) is 0.817. The van der Waals surface area contributed by atoms with Crippen LogP contribution in [0.15, 0.2) is 46.9 Å². The van der Waals surface area contributed by atoms with Crippen molar-refractivity contribution < 1.29 is 0 Å². The van der Waals surface area contributed by atoms with Gasteiger partial charge in [0.05, 0.1) is 16.8 Å². The molecule has 0 aliphatic carbocycles. The maximum Gasteiger partial charge on any atom is 0.0647 e. The first-order chi connectivity index (χ1) is 9.11. The Balaban J connectivity index is 2.28. The molecular weight excluding hydrogens is 347 g/mol. The Labute approximate surface area is 131 Å². The lowest BCUT2D eigenvalue weighted by Gasteiger charge is -2.20. The van der Waals surface area contributed by atoms with Crippen LogP contribution in [0.1, 0.15) is 11.6 Å². The predicted molar refractivity (Wildman–Crippen MR) is 86.0 cm³/mol. The molecule has 5 heteroatoms. The van der Waals surface area contributed by atoms with Crippen LogP contribution in [0, 0.1) is 0 Å². The lowest BCUT2D eigenvalue weighted by Crippen LogP contribution is -2.21. The summed E-state index contributed by atoms with van der Waals surface area (Å²) in [7, 11) is 0. The van der Waals surface area contributed by atoms with E-state index in [9.17, 15) is 0 Å². The summed E-state index contributed by atoms with van der Waals surface area (Å²) in [6.07, 6.45) is 0. The molecule has 2 aromatic rings. The number of nitrogens with one attached hydrogen (secondary N) is 1. The van der Waals surface area contributed by atoms with E-state index in [0.717, 1.165) is 15.7 Å². The first kappa shape index (κ1) is 14.7. The average molecular weight is 360 g/mol. The summed E-state index contributed by atoms with van der Waals surface area (Å²) in [5.41, 5.74) is 7.76. The van der Waals surface area contributed by atoms with Crippen molar-refractivity contribution in [3.63, 3.8) is 0 Å². The highest BCUT2D eigenvalue weighted by Crippen LogP contribution is 2.30. The molecule has 0 amide bonds. The molecule has 0 bridgehead atoms. The monoisotopic (exact) mass is 358 g/mol. The first-order valence-corrected chi connectivity index (χ1v) is 7.33. The molecule has 0 radical (unpaired) electrons. The second-order valence-corrected chi connectivity index (χ2v) is 5.78. The van der Waals surface area contributed by atoms with E-state index in [4.69, 9.17) is 28.9 Å². The Kier molecular flexibility index (Phi) is 5.11. The van der Waals surface area contributed by atoms with Gasteiger partial charge in [-0.25, -0.2) is 0 Å². The minimum Gasteiger partial charge on any atom is -0.376 e. The van der Waals surface area contributed by atoms with Crippen molar-refractivity contribution in [1.82, 2.24) is 0 Å². The van der Waals surface area contributed by atoms with Gasteiger partial charge in [0.2, 0.25) is 0 Å². The highest BCUT2D eigenvalue weighted by atomic mass is 79.9.